The van der Waals surface area contributed by atoms with Crippen LogP contribution >= 0.6 is 0 Å². The van der Waals surface area contributed by atoms with Gasteiger partial charge in [0.05, 0.1) is 30.5 Å². The fraction of sp³-hybridized carbons (Fsp3) is 0.714. The molecule has 7 unspecified atom stereocenters. The molecule has 2 rings (SSSR count). The number of carbonyl (C=O) groups is 2. The molecule has 2 fully saturated rings. The molecule has 2 aliphatic rings. The molecular weight excluding hydrogens is 462 g/mol. The quantitative estimate of drug-likeness (QED) is 0.236. The van der Waals surface area contributed by atoms with Crippen molar-refractivity contribution < 1.29 is 34.0 Å². The Bertz CT molecular complexity index is 808. The van der Waals surface area contributed by atoms with Crippen molar-refractivity contribution in [3.8, 4) is 0 Å². The molecule has 9 atom stereocenters. The van der Waals surface area contributed by atoms with Crippen LogP contribution in [0.4, 0.5) is 0 Å². The monoisotopic (exact) mass is 507 g/mol. The van der Waals surface area contributed by atoms with Crippen LogP contribution in [0.5, 0.6) is 0 Å². The molecule has 0 saturated carbocycles. The van der Waals surface area contributed by atoms with Crippen LogP contribution in [0, 0.1) is 11.8 Å². The number of aliphatic hydroxyl groups excluding tert-OH is 2. The van der Waals surface area contributed by atoms with E-state index >= 15 is 0 Å². The lowest BCUT2D eigenvalue weighted by Crippen LogP contribution is -2.50. The van der Waals surface area contributed by atoms with Crippen LogP contribution in [0.1, 0.15) is 67.2 Å². The summed E-state index contributed by atoms with van der Waals surface area (Å²) < 4.78 is 17.2. The van der Waals surface area contributed by atoms with Crippen molar-refractivity contribution in [1.82, 2.24) is 5.32 Å². The van der Waals surface area contributed by atoms with Gasteiger partial charge in [0, 0.05) is 25.5 Å². The molecule has 3 N–H and O–H groups in total. The van der Waals surface area contributed by atoms with Crippen LogP contribution in [0.15, 0.2) is 36.0 Å². The number of carbonyl (C=O) groups excluding carboxylic acids is 2. The van der Waals surface area contributed by atoms with E-state index in [0.717, 1.165) is 24.8 Å². The predicted molar refractivity (Wildman–Crippen MR) is 138 cm³/mol. The summed E-state index contributed by atoms with van der Waals surface area (Å²) in [6.07, 6.45) is 10.3. The van der Waals surface area contributed by atoms with Gasteiger partial charge in [0.25, 0.3) is 0 Å². The van der Waals surface area contributed by atoms with Crippen LogP contribution in [0.3, 0.4) is 0 Å². The van der Waals surface area contributed by atoms with Crippen molar-refractivity contribution >= 4 is 11.9 Å². The molecule has 0 bridgehead atoms. The Balaban J connectivity index is 1.87. The van der Waals surface area contributed by atoms with E-state index in [0.29, 0.717) is 6.42 Å². The Morgan fingerprint density at radius 2 is 1.89 bits per heavy atom. The highest BCUT2D eigenvalue weighted by molar-refractivity contribution is 5.87. The fourth-order valence-corrected chi connectivity index (χ4v) is 4.79. The summed E-state index contributed by atoms with van der Waals surface area (Å²) in [5.41, 5.74) is 1.05. The van der Waals surface area contributed by atoms with Gasteiger partial charge in [-0.05, 0) is 58.4 Å². The number of amides is 1. The van der Waals surface area contributed by atoms with Gasteiger partial charge in [0.2, 0.25) is 5.91 Å². The summed E-state index contributed by atoms with van der Waals surface area (Å²) in [5.74, 6) is -0.534. The van der Waals surface area contributed by atoms with Crippen LogP contribution in [0.2, 0.25) is 0 Å². The van der Waals surface area contributed by atoms with E-state index in [1.54, 1.807) is 13.0 Å². The normalized spacial score (nSPS) is 34.6. The van der Waals surface area contributed by atoms with E-state index < -0.39 is 18.3 Å². The Labute approximate surface area is 215 Å². The number of hydrogen-bond acceptors (Lipinski definition) is 7. The average molecular weight is 508 g/mol. The van der Waals surface area contributed by atoms with E-state index in [4.69, 9.17) is 14.2 Å². The lowest BCUT2D eigenvalue weighted by molar-refractivity contribution is -0.143. The number of hydrogen-bond donors (Lipinski definition) is 3. The highest BCUT2D eigenvalue weighted by atomic mass is 16.5. The van der Waals surface area contributed by atoms with Crippen LogP contribution < -0.4 is 5.32 Å². The third kappa shape index (κ3) is 9.47. The predicted octanol–water partition coefficient (Wildman–Crippen LogP) is 3.22. The van der Waals surface area contributed by atoms with E-state index in [-0.39, 0.29) is 54.7 Å². The number of rotatable bonds is 10. The Kier molecular flexibility index (Phi) is 12.3. The molecule has 2 saturated heterocycles. The maximum Gasteiger partial charge on any atom is 0.303 e. The molecule has 204 valence electrons. The summed E-state index contributed by atoms with van der Waals surface area (Å²) in [7, 11) is 0. The van der Waals surface area contributed by atoms with Gasteiger partial charge < -0.3 is 29.7 Å². The lowest BCUT2D eigenvalue weighted by Gasteiger charge is -2.39. The topological polar surface area (TPSA) is 114 Å². The number of esters is 1. The SMILES string of the molecule is CC[C@@H]1CC(CO)[C@H](O)C(/C=C/C(C)=C/CC2OC(C)C(NC(=O)/C=C\C(C)OC(C)=O)CC2C)O1. The largest absolute Gasteiger partial charge is 0.459 e. The molecule has 2 heterocycles. The third-order valence-electron chi connectivity index (χ3n) is 7.06. The third-order valence-corrected chi connectivity index (χ3v) is 7.06. The molecule has 0 aromatic rings. The molecule has 0 aromatic heterocycles. The van der Waals surface area contributed by atoms with Crippen molar-refractivity contribution in [3.05, 3.63) is 36.0 Å². The summed E-state index contributed by atoms with van der Waals surface area (Å²) in [4.78, 5) is 23.3. The van der Waals surface area contributed by atoms with Gasteiger partial charge in [-0.2, -0.15) is 0 Å². The second-order valence-corrected chi connectivity index (χ2v) is 10.2. The maximum absolute atomic E-state index is 12.3. The number of aliphatic hydroxyl groups is 2. The van der Waals surface area contributed by atoms with Crippen molar-refractivity contribution in [2.75, 3.05) is 6.61 Å². The van der Waals surface area contributed by atoms with Gasteiger partial charge in [0.15, 0.2) is 0 Å². The zero-order chi connectivity index (χ0) is 26.8. The highest BCUT2D eigenvalue weighted by Crippen LogP contribution is 2.29. The minimum atomic E-state index is -0.712. The zero-order valence-corrected chi connectivity index (χ0v) is 22.6. The maximum atomic E-state index is 12.3. The van der Waals surface area contributed by atoms with Crippen molar-refractivity contribution in [3.63, 3.8) is 0 Å². The first-order valence-corrected chi connectivity index (χ1v) is 13.1. The van der Waals surface area contributed by atoms with Gasteiger partial charge in [-0.1, -0.05) is 37.6 Å². The average Bonchev–Trinajstić information content (AvgIpc) is 2.82. The Morgan fingerprint density at radius 1 is 1.17 bits per heavy atom. The summed E-state index contributed by atoms with van der Waals surface area (Å²) in [6.45, 7) is 11.1. The Morgan fingerprint density at radius 3 is 2.53 bits per heavy atom. The molecule has 0 radical (unpaired) electrons. The van der Waals surface area contributed by atoms with Gasteiger partial charge in [-0.15, -0.1) is 0 Å². The summed E-state index contributed by atoms with van der Waals surface area (Å²) >= 11 is 0. The van der Waals surface area contributed by atoms with Gasteiger partial charge in [-0.3, -0.25) is 9.59 Å². The molecule has 8 heteroatoms. The van der Waals surface area contributed by atoms with E-state index in [2.05, 4.69) is 18.3 Å². The summed E-state index contributed by atoms with van der Waals surface area (Å²) in [5, 5.41) is 23.1. The second kappa shape index (κ2) is 14.7. The smallest absolute Gasteiger partial charge is 0.303 e. The van der Waals surface area contributed by atoms with E-state index in [1.807, 2.05) is 32.9 Å². The first-order chi connectivity index (χ1) is 17.0. The number of nitrogens with one attached hydrogen (secondary N) is 1. The van der Waals surface area contributed by atoms with E-state index in [9.17, 15) is 19.8 Å². The van der Waals surface area contributed by atoms with Gasteiger partial charge in [-0.25, -0.2) is 0 Å². The van der Waals surface area contributed by atoms with Crippen LogP contribution in [-0.4, -0.2) is 71.4 Å². The van der Waals surface area contributed by atoms with Gasteiger partial charge in [0.1, 0.15) is 12.2 Å². The minimum Gasteiger partial charge on any atom is -0.459 e. The molecule has 2 aliphatic heterocycles. The van der Waals surface area contributed by atoms with Crippen molar-refractivity contribution in [2.24, 2.45) is 11.8 Å². The zero-order valence-electron chi connectivity index (χ0n) is 22.6. The lowest BCUT2D eigenvalue weighted by atomic mass is 9.87. The number of allylic oxidation sites excluding steroid dienone is 2. The highest BCUT2D eigenvalue weighted by Gasteiger charge is 2.35. The van der Waals surface area contributed by atoms with E-state index in [1.165, 1.54) is 13.0 Å². The number of ether oxygens (including phenoxy) is 3. The first kappa shape index (κ1) is 30.2. The fourth-order valence-electron chi connectivity index (χ4n) is 4.79. The minimum absolute atomic E-state index is 0.0378. The molecule has 36 heavy (non-hydrogen) atoms. The molecule has 8 nitrogen and oxygen atoms in total. The van der Waals surface area contributed by atoms with Crippen LogP contribution in [-0.2, 0) is 23.8 Å². The van der Waals surface area contributed by atoms with Crippen molar-refractivity contribution in [1.29, 1.82) is 0 Å². The first-order valence-electron chi connectivity index (χ1n) is 13.1. The molecular formula is C28H45NO7. The molecule has 0 aromatic carbocycles. The summed E-state index contributed by atoms with van der Waals surface area (Å²) in [6, 6.07) is -0.0988. The van der Waals surface area contributed by atoms with Crippen molar-refractivity contribution in [2.45, 2.75) is 110 Å². The van der Waals surface area contributed by atoms with Gasteiger partial charge >= 0.3 is 5.97 Å². The Hall–Kier alpha value is -2.00. The molecule has 0 spiro atoms. The standard InChI is InChI=1S/C28H45NO7/c1-7-23-15-22(16-30)28(33)26(36-23)12-9-17(2)8-11-25-18(3)14-24(20(5)35-25)29-27(32)13-10-19(4)34-21(6)31/h8-10,12-13,18-20,22-26,28,30,33H,7,11,14-16H2,1-6H3,(H,29,32)/b12-9+,13-10-,17-8+/t18?,19?,20?,22?,23-,24?,25?,26?,28+/m1/s1. The molecule has 0 aliphatic carbocycles. The van der Waals surface area contributed by atoms with Crippen LogP contribution in [0.25, 0.3) is 0 Å². The second-order valence-electron chi connectivity index (χ2n) is 10.2. The molecule has 1 amide bonds.